The van der Waals surface area contributed by atoms with Crippen LogP contribution in [0.15, 0.2) is 17.2 Å². The van der Waals surface area contributed by atoms with Crippen molar-refractivity contribution in [2.75, 3.05) is 33.2 Å². The first kappa shape index (κ1) is 22.1. The van der Waals surface area contributed by atoms with Gasteiger partial charge in [0.15, 0.2) is 0 Å². The predicted molar refractivity (Wildman–Crippen MR) is 120 cm³/mol. The number of amides is 2. The van der Waals surface area contributed by atoms with Crippen LogP contribution in [0, 0.1) is 11.8 Å². The van der Waals surface area contributed by atoms with E-state index in [0.717, 1.165) is 51.6 Å². The van der Waals surface area contributed by atoms with E-state index in [1.54, 1.807) is 12.4 Å². The molecular formula is C24H36N4O3. The molecule has 2 saturated carbocycles. The van der Waals surface area contributed by atoms with Crippen LogP contribution in [0.5, 0.6) is 0 Å². The first-order valence-electron chi connectivity index (χ1n) is 12.0. The van der Waals surface area contributed by atoms with Gasteiger partial charge in [-0.05, 0) is 64.0 Å². The number of pyridine rings is 1. The summed E-state index contributed by atoms with van der Waals surface area (Å²) in [5.41, 5.74) is -0.287. The maximum atomic E-state index is 13.1. The molecule has 2 N–H and O–H groups in total. The van der Waals surface area contributed by atoms with Crippen LogP contribution in [0.4, 0.5) is 0 Å². The van der Waals surface area contributed by atoms with Crippen LogP contribution in [-0.4, -0.2) is 54.5 Å². The third kappa shape index (κ3) is 5.76. The number of carbonyl (C=O) groups is 2. The Morgan fingerprint density at radius 2 is 1.45 bits per heavy atom. The molecule has 2 heterocycles. The molecule has 4 rings (SSSR count). The molecule has 0 spiro atoms. The number of piperidine rings is 1. The Balaban J connectivity index is 1.45. The summed E-state index contributed by atoms with van der Waals surface area (Å²) < 4.78 is 1.89. The lowest BCUT2D eigenvalue weighted by Crippen LogP contribution is -2.41. The van der Waals surface area contributed by atoms with Gasteiger partial charge < -0.3 is 20.1 Å². The molecule has 0 radical (unpaired) electrons. The predicted octanol–water partition coefficient (Wildman–Crippen LogP) is 2.56. The smallest absolute Gasteiger partial charge is 0.256 e. The van der Waals surface area contributed by atoms with E-state index in [1.165, 1.54) is 19.3 Å². The van der Waals surface area contributed by atoms with Gasteiger partial charge in [-0.2, -0.15) is 0 Å². The number of carbonyl (C=O) groups excluding carboxylic acids is 2. The van der Waals surface area contributed by atoms with E-state index in [2.05, 4.69) is 22.6 Å². The highest BCUT2D eigenvalue weighted by atomic mass is 16.2. The highest BCUT2D eigenvalue weighted by Crippen LogP contribution is 2.34. The fraction of sp³-hybridized carbons (Fsp3) is 0.708. The summed E-state index contributed by atoms with van der Waals surface area (Å²) in [6.45, 7) is 3.21. The summed E-state index contributed by atoms with van der Waals surface area (Å²) in [7, 11) is 2.09. The topological polar surface area (TPSA) is 83.4 Å². The molecule has 1 aromatic heterocycles. The zero-order valence-electron chi connectivity index (χ0n) is 18.7. The van der Waals surface area contributed by atoms with Gasteiger partial charge in [-0.3, -0.25) is 14.4 Å². The molecule has 3 aliphatic rings. The molecular weight excluding hydrogens is 392 g/mol. The zero-order valence-corrected chi connectivity index (χ0v) is 18.7. The molecule has 1 saturated heterocycles. The van der Waals surface area contributed by atoms with Crippen LogP contribution < -0.4 is 16.1 Å². The quantitative estimate of drug-likeness (QED) is 0.699. The largest absolute Gasteiger partial charge is 0.352 e. The van der Waals surface area contributed by atoms with E-state index in [9.17, 15) is 14.4 Å². The normalized spacial score (nSPS) is 22.8. The molecule has 1 aliphatic heterocycles. The number of hydrogen-bond acceptors (Lipinski definition) is 4. The van der Waals surface area contributed by atoms with Gasteiger partial charge in [0.05, 0.1) is 0 Å². The molecule has 1 atom stereocenters. The third-order valence-corrected chi connectivity index (χ3v) is 7.05. The number of nitrogens with zero attached hydrogens (tertiary/aromatic N) is 2. The van der Waals surface area contributed by atoms with Crippen molar-refractivity contribution in [3.8, 4) is 0 Å². The third-order valence-electron chi connectivity index (χ3n) is 7.05. The van der Waals surface area contributed by atoms with Crippen molar-refractivity contribution in [3.63, 3.8) is 0 Å². The van der Waals surface area contributed by atoms with Gasteiger partial charge in [0.25, 0.3) is 11.8 Å². The summed E-state index contributed by atoms with van der Waals surface area (Å²) >= 11 is 0. The van der Waals surface area contributed by atoms with Crippen molar-refractivity contribution < 1.29 is 9.59 Å². The second-order valence-corrected chi connectivity index (χ2v) is 9.79. The minimum atomic E-state index is -0.462. The van der Waals surface area contributed by atoms with Crippen molar-refractivity contribution in [1.82, 2.24) is 20.1 Å². The standard InChI is InChI=1S/C24H36N4O3/c1-27-11-5-8-18(14-27)13-26-24(31)21-16-28(19-9-10-19)15-20(22(21)29)23(30)25-12-17-6-3-2-4-7-17/h15-19H,2-14H2,1H3,(H,25,30)(H,26,31)/t18-/m0/s1. The van der Waals surface area contributed by atoms with Crippen LogP contribution in [0.25, 0.3) is 0 Å². The van der Waals surface area contributed by atoms with Gasteiger partial charge >= 0.3 is 0 Å². The van der Waals surface area contributed by atoms with E-state index in [-0.39, 0.29) is 29.0 Å². The summed E-state index contributed by atoms with van der Waals surface area (Å²) in [4.78, 5) is 41.1. The van der Waals surface area contributed by atoms with E-state index >= 15 is 0 Å². The Kier molecular flexibility index (Phi) is 7.10. The lowest BCUT2D eigenvalue weighted by Gasteiger charge is -2.29. The Morgan fingerprint density at radius 1 is 0.871 bits per heavy atom. The highest BCUT2D eigenvalue weighted by Gasteiger charge is 2.28. The molecule has 0 unspecified atom stereocenters. The van der Waals surface area contributed by atoms with Gasteiger partial charge in [-0.25, -0.2) is 0 Å². The first-order chi connectivity index (χ1) is 15.0. The van der Waals surface area contributed by atoms with E-state index in [1.807, 2.05) is 4.57 Å². The maximum absolute atomic E-state index is 13.1. The molecule has 31 heavy (non-hydrogen) atoms. The molecule has 0 bridgehead atoms. The van der Waals surface area contributed by atoms with Crippen LogP contribution >= 0.6 is 0 Å². The van der Waals surface area contributed by atoms with E-state index in [0.29, 0.717) is 24.9 Å². The second-order valence-electron chi connectivity index (χ2n) is 9.79. The average Bonchev–Trinajstić information content (AvgIpc) is 3.62. The lowest BCUT2D eigenvalue weighted by molar-refractivity contribution is 0.0934. The van der Waals surface area contributed by atoms with Crippen LogP contribution in [-0.2, 0) is 0 Å². The summed E-state index contributed by atoms with van der Waals surface area (Å²) in [5, 5.41) is 5.92. The summed E-state index contributed by atoms with van der Waals surface area (Å²) in [6.07, 6.45) is 13.5. The Bertz CT molecular complexity index is 855. The van der Waals surface area contributed by atoms with Gasteiger partial charge in [0.1, 0.15) is 11.1 Å². The lowest BCUT2D eigenvalue weighted by atomic mass is 9.89. The molecule has 7 nitrogen and oxygen atoms in total. The Labute approximate surface area is 184 Å². The molecule has 3 fully saturated rings. The fourth-order valence-electron chi connectivity index (χ4n) is 5.00. The minimum absolute atomic E-state index is 0.0846. The van der Waals surface area contributed by atoms with Gasteiger partial charge in [-0.1, -0.05) is 19.3 Å². The molecule has 170 valence electrons. The van der Waals surface area contributed by atoms with Crippen LogP contribution in [0.2, 0.25) is 0 Å². The molecule has 2 aliphatic carbocycles. The first-order valence-corrected chi connectivity index (χ1v) is 12.0. The molecule has 0 aromatic carbocycles. The van der Waals surface area contributed by atoms with Gasteiger partial charge in [0.2, 0.25) is 5.43 Å². The van der Waals surface area contributed by atoms with Crippen molar-refractivity contribution in [2.24, 2.45) is 11.8 Å². The maximum Gasteiger partial charge on any atom is 0.256 e. The Hall–Kier alpha value is -2.15. The number of aromatic nitrogens is 1. The number of nitrogens with one attached hydrogen (secondary N) is 2. The van der Waals surface area contributed by atoms with E-state index < -0.39 is 5.43 Å². The summed E-state index contributed by atoms with van der Waals surface area (Å²) in [6, 6.07) is 0.282. The van der Waals surface area contributed by atoms with Crippen molar-refractivity contribution >= 4 is 11.8 Å². The molecule has 1 aromatic rings. The molecule has 7 heteroatoms. The molecule has 2 amide bonds. The number of likely N-dealkylation sites (tertiary alicyclic amines) is 1. The monoisotopic (exact) mass is 428 g/mol. The second kappa shape index (κ2) is 9.98. The van der Waals surface area contributed by atoms with Crippen molar-refractivity contribution in [1.29, 1.82) is 0 Å². The minimum Gasteiger partial charge on any atom is -0.352 e. The Morgan fingerprint density at radius 3 is 2.03 bits per heavy atom. The number of hydrogen-bond donors (Lipinski definition) is 2. The van der Waals surface area contributed by atoms with Crippen molar-refractivity contribution in [2.45, 2.75) is 63.8 Å². The van der Waals surface area contributed by atoms with E-state index in [4.69, 9.17) is 0 Å². The van der Waals surface area contributed by atoms with Crippen molar-refractivity contribution in [3.05, 3.63) is 33.7 Å². The SMILES string of the molecule is CN1CCC[C@@H](CNC(=O)c2cn(C3CC3)cc(C(=O)NCC3CCCCC3)c2=O)C1. The van der Waals surface area contributed by atoms with Crippen LogP contribution in [0.1, 0.15) is 84.5 Å². The fourth-order valence-corrected chi connectivity index (χ4v) is 5.00. The average molecular weight is 429 g/mol. The highest BCUT2D eigenvalue weighted by molar-refractivity contribution is 5.99. The zero-order chi connectivity index (χ0) is 21.8. The van der Waals surface area contributed by atoms with Gasteiger partial charge in [0, 0.05) is 38.1 Å². The van der Waals surface area contributed by atoms with Crippen LogP contribution in [0.3, 0.4) is 0 Å². The van der Waals surface area contributed by atoms with Gasteiger partial charge in [-0.15, -0.1) is 0 Å². The summed E-state index contributed by atoms with van der Waals surface area (Å²) in [5.74, 6) is 0.168. The number of rotatable bonds is 7.